The SMILES string of the molecule is c1ccc(-c2cccc(N(c3ccccc3)c3ccc(-c4ccc5c(c4)C4(c6ccccc6-5)c5ccc6ccccc6c5Oc5c4ccc4ccccc54)cc3)c2)cc1. The van der Waals surface area contributed by atoms with Gasteiger partial charge in [-0.1, -0.05) is 182 Å². The van der Waals surface area contributed by atoms with Crippen LogP contribution in [0.25, 0.3) is 54.9 Å². The van der Waals surface area contributed by atoms with E-state index in [4.69, 9.17) is 4.74 Å². The van der Waals surface area contributed by atoms with Crippen molar-refractivity contribution in [2.75, 3.05) is 4.90 Å². The number of hydrogen-bond donors (Lipinski definition) is 0. The Morgan fingerprint density at radius 3 is 1.53 bits per heavy atom. The molecule has 0 radical (unpaired) electrons. The van der Waals surface area contributed by atoms with Gasteiger partial charge in [0.25, 0.3) is 0 Å². The number of ether oxygens (including phenoxy) is 1. The van der Waals surface area contributed by atoms with E-state index in [9.17, 15) is 0 Å². The fraction of sp³-hybridized carbons (Fsp3) is 0.0175. The molecule has 1 heterocycles. The first-order chi connectivity index (χ1) is 29.3. The van der Waals surface area contributed by atoms with Crippen molar-refractivity contribution in [3.63, 3.8) is 0 Å². The quantitative estimate of drug-likeness (QED) is 0.174. The van der Waals surface area contributed by atoms with Crippen LogP contribution in [-0.4, -0.2) is 0 Å². The zero-order valence-electron chi connectivity index (χ0n) is 32.2. The number of nitrogens with zero attached hydrogens (tertiary/aromatic N) is 1. The van der Waals surface area contributed by atoms with Gasteiger partial charge in [0, 0.05) is 39.0 Å². The summed E-state index contributed by atoms with van der Waals surface area (Å²) >= 11 is 0. The van der Waals surface area contributed by atoms with Gasteiger partial charge in [0.2, 0.25) is 0 Å². The minimum Gasteiger partial charge on any atom is -0.455 e. The molecule has 2 nitrogen and oxygen atoms in total. The number of benzene rings is 10. The second-order valence-corrected chi connectivity index (χ2v) is 15.6. The normalized spacial score (nSPS) is 13.0. The minimum atomic E-state index is -0.591. The van der Waals surface area contributed by atoms with Crippen molar-refractivity contribution in [2.45, 2.75) is 5.41 Å². The third-order valence-corrected chi connectivity index (χ3v) is 12.5. The van der Waals surface area contributed by atoms with Crippen LogP contribution in [0.4, 0.5) is 17.1 Å². The number of anilines is 3. The van der Waals surface area contributed by atoms with Gasteiger partial charge in [-0.2, -0.15) is 0 Å². The Morgan fingerprint density at radius 2 is 0.814 bits per heavy atom. The van der Waals surface area contributed by atoms with Crippen molar-refractivity contribution < 1.29 is 4.74 Å². The highest BCUT2D eigenvalue weighted by Crippen LogP contribution is 2.64. The van der Waals surface area contributed by atoms with Gasteiger partial charge in [0.15, 0.2) is 0 Å². The van der Waals surface area contributed by atoms with Crippen molar-refractivity contribution in [3.8, 4) is 44.9 Å². The maximum atomic E-state index is 7.17. The maximum absolute atomic E-state index is 7.17. The molecule has 10 aromatic carbocycles. The molecule has 59 heavy (non-hydrogen) atoms. The Balaban J connectivity index is 1.04. The summed E-state index contributed by atoms with van der Waals surface area (Å²) in [6.45, 7) is 0. The first-order valence-electron chi connectivity index (χ1n) is 20.3. The van der Waals surface area contributed by atoms with Crippen LogP contribution < -0.4 is 9.64 Å². The molecular weight excluding hydrogens is 715 g/mol. The van der Waals surface area contributed by atoms with E-state index >= 15 is 0 Å². The van der Waals surface area contributed by atoms with E-state index in [-0.39, 0.29) is 0 Å². The van der Waals surface area contributed by atoms with E-state index in [0.717, 1.165) is 39.3 Å². The zero-order valence-corrected chi connectivity index (χ0v) is 32.2. The molecule has 2 aliphatic rings. The molecule has 276 valence electrons. The molecule has 1 spiro atoms. The summed E-state index contributed by atoms with van der Waals surface area (Å²) in [5, 5.41) is 4.58. The number of hydrogen-bond acceptors (Lipinski definition) is 2. The van der Waals surface area contributed by atoms with E-state index in [1.807, 2.05) is 0 Å². The molecule has 0 bridgehead atoms. The Labute approximate surface area is 343 Å². The van der Waals surface area contributed by atoms with Gasteiger partial charge in [-0.15, -0.1) is 0 Å². The molecule has 0 saturated carbocycles. The maximum Gasteiger partial charge on any atom is 0.140 e. The van der Waals surface area contributed by atoms with E-state index in [2.05, 4.69) is 229 Å². The second-order valence-electron chi connectivity index (χ2n) is 15.6. The van der Waals surface area contributed by atoms with Gasteiger partial charge in [-0.05, 0) is 97.7 Å². The zero-order chi connectivity index (χ0) is 38.9. The predicted molar refractivity (Wildman–Crippen MR) is 244 cm³/mol. The van der Waals surface area contributed by atoms with Crippen LogP contribution in [0.5, 0.6) is 11.5 Å². The van der Waals surface area contributed by atoms with E-state index < -0.39 is 5.41 Å². The Kier molecular flexibility index (Phi) is 7.48. The average molecular weight is 752 g/mol. The number of rotatable bonds is 5. The summed E-state index contributed by atoms with van der Waals surface area (Å²) in [4.78, 5) is 2.34. The van der Waals surface area contributed by atoms with Crippen LogP contribution in [0.3, 0.4) is 0 Å². The lowest BCUT2D eigenvalue weighted by molar-refractivity contribution is 0.447. The lowest BCUT2D eigenvalue weighted by Crippen LogP contribution is -2.32. The highest BCUT2D eigenvalue weighted by Gasteiger charge is 2.51. The molecule has 1 aliphatic heterocycles. The van der Waals surface area contributed by atoms with Gasteiger partial charge in [0.1, 0.15) is 11.5 Å². The largest absolute Gasteiger partial charge is 0.455 e. The molecule has 10 aromatic rings. The van der Waals surface area contributed by atoms with Crippen molar-refractivity contribution in [1.29, 1.82) is 0 Å². The van der Waals surface area contributed by atoms with Crippen LogP contribution in [-0.2, 0) is 5.41 Å². The second kappa shape index (κ2) is 13.2. The summed E-state index contributed by atoms with van der Waals surface area (Å²) in [6.07, 6.45) is 0. The third kappa shape index (κ3) is 5.06. The predicted octanol–water partition coefficient (Wildman–Crippen LogP) is 15.3. The number of fused-ring (bicyclic) bond motifs is 13. The van der Waals surface area contributed by atoms with Crippen LogP contribution in [0, 0.1) is 0 Å². The molecule has 2 heteroatoms. The fourth-order valence-electron chi connectivity index (χ4n) is 9.87. The third-order valence-electron chi connectivity index (χ3n) is 12.5. The molecule has 12 rings (SSSR count). The lowest BCUT2D eigenvalue weighted by Gasteiger charge is -2.40. The van der Waals surface area contributed by atoms with Gasteiger partial charge in [0.05, 0.1) is 5.41 Å². The first-order valence-corrected chi connectivity index (χ1v) is 20.3. The Morgan fingerprint density at radius 1 is 0.305 bits per heavy atom. The summed E-state index contributed by atoms with van der Waals surface area (Å²) in [5.74, 6) is 1.86. The summed E-state index contributed by atoms with van der Waals surface area (Å²) in [7, 11) is 0. The summed E-state index contributed by atoms with van der Waals surface area (Å²) < 4.78 is 7.17. The van der Waals surface area contributed by atoms with Gasteiger partial charge < -0.3 is 9.64 Å². The fourth-order valence-corrected chi connectivity index (χ4v) is 9.87. The monoisotopic (exact) mass is 751 g/mol. The first kappa shape index (κ1) is 33.5. The molecule has 0 aromatic heterocycles. The van der Waals surface area contributed by atoms with Crippen molar-refractivity contribution >= 4 is 38.6 Å². The standard InChI is InChI=1S/C57H37NO/c1-3-14-38(15-4-1)42-18-13-21-46(36-42)58(44-19-5-2-6-20-44)45-31-26-39(27-32-45)43-28-33-50-49-24-11-12-25-51(49)57(54(50)37-43)52-34-29-40-16-7-9-22-47(40)55(52)59-56-48-23-10-8-17-41(48)30-35-53(56)57/h1-37H. The van der Waals surface area contributed by atoms with E-state index in [1.54, 1.807) is 0 Å². The molecule has 1 aliphatic carbocycles. The molecular formula is C57H37NO. The van der Waals surface area contributed by atoms with Crippen molar-refractivity contribution in [2.24, 2.45) is 0 Å². The van der Waals surface area contributed by atoms with Gasteiger partial charge in [-0.25, -0.2) is 0 Å². The molecule has 0 saturated heterocycles. The topological polar surface area (TPSA) is 12.5 Å². The molecule has 0 fully saturated rings. The summed E-state index contributed by atoms with van der Waals surface area (Å²) in [6, 6.07) is 81.6. The van der Waals surface area contributed by atoms with Crippen molar-refractivity contribution in [3.05, 3.63) is 247 Å². The highest BCUT2D eigenvalue weighted by molar-refractivity contribution is 6.00. The van der Waals surface area contributed by atoms with Crippen LogP contribution in [0.2, 0.25) is 0 Å². The van der Waals surface area contributed by atoms with Crippen molar-refractivity contribution in [1.82, 2.24) is 0 Å². The van der Waals surface area contributed by atoms with Crippen LogP contribution in [0.1, 0.15) is 22.3 Å². The lowest BCUT2D eigenvalue weighted by atomic mass is 9.65. The van der Waals surface area contributed by atoms with E-state index in [1.165, 1.54) is 66.4 Å². The molecule has 0 unspecified atom stereocenters. The molecule has 0 N–H and O–H groups in total. The highest BCUT2D eigenvalue weighted by atomic mass is 16.5. The number of para-hydroxylation sites is 1. The van der Waals surface area contributed by atoms with Gasteiger partial charge >= 0.3 is 0 Å². The summed E-state index contributed by atoms with van der Waals surface area (Å²) in [5.41, 5.74) is 14.9. The Hall–Kier alpha value is -7.68. The average Bonchev–Trinajstić information content (AvgIpc) is 3.60. The Bertz CT molecular complexity index is 3160. The van der Waals surface area contributed by atoms with Crippen LogP contribution >= 0.6 is 0 Å². The van der Waals surface area contributed by atoms with Gasteiger partial charge in [-0.3, -0.25) is 0 Å². The molecule has 0 atom stereocenters. The van der Waals surface area contributed by atoms with E-state index in [0.29, 0.717) is 0 Å². The molecule has 0 amide bonds. The van der Waals surface area contributed by atoms with Crippen LogP contribution in [0.15, 0.2) is 224 Å². The smallest absolute Gasteiger partial charge is 0.140 e. The minimum absolute atomic E-state index is 0.591.